The smallest absolute Gasteiger partial charge is 0.334 e. The van der Waals surface area contributed by atoms with Crippen molar-refractivity contribution in [3.63, 3.8) is 0 Å². The maximum atomic E-state index is 11.7. The lowest BCUT2D eigenvalue weighted by molar-refractivity contribution is -0.144. The number of hydrogen-bond acceptors (Lipinski definition) is 5. The second-order valence-electron chi connectivity index (χ2n) is 3.84. The first-order valence-corrected chi connectivity index (χ1v) is 5.38. The molecule has 0 aliphatic carbocycles. The van der Waals surface area contributed by atoms with E-state index in [1.807, 2.05) is 0 Å². The van der Waals surface area contributed by atoms with Gasteiger partial charge in [-0.15, -0.1) is 0 Å². The fourth-order valence-electron chi connectivity index (χ4n) is 1.50. The normalized spacial score (nSPS) is 16.6. The minimum atomic E-state index is -0.823. The molecule has 17 heavy (non-hydrogen) atoms. The van der Waals surface area contributed by atoms with Gasteiger partial charge in [-0.1, -0.05) is 0 Å². The molecule has 7 nitrogen and oxygen atoms in total. The molecule has 1 saturated heterocycles. The molecule has 0 aromatic carbocycles. The van der Waals surface area contributed by atoms with Crippen LogP contribution in [0.2, 0.25) is 0 Å². The zero-order valence-corrected chi connectivity index (χ0v) is 9.88. The van der Waals surface area contributed by atoms with E-state index in [0.29, 0.717) is 0 Å². The third kappa shape index (κ3) is 2.80. The third-order valence-corrected chi connectivity index (χ3v) is 2.30. The van der Waals surface area contributed by atoms with Gasteiger partial charge in [0.1, 0.15) is 0 Å². The average molecular weight is 244 g/mol. The van der Waals surface area contributed by atoms with Crippen molar-refractivity contribution in [3.05, 3.63) is 0 Å². The van der Waals surface area contributed by atoms with Crippen molar-refractivity contribution in [2.45, 2.75) is 19.9 Å². The van der Waals surface area contributed by atoms with Crippen molar-refractivity contribution in [1.82, 2.24) is 9.80 Å². The highest BCUT2D eigenvalue weighted by Crippen LogP contribution is 2.14. The second kappa shape index (κ2) is 5.74. The van der Waals surface area contributed by atoms with Crippen LogP contribution in [0.4, 0.5) is 4.79 Å². The van der Waals surface area contributed by atoms with E-state index < -0.39 is 17.8 Å². The first-order chi connectivity index (χ1) is 8.00. The van der Waals surface area contributed by atoms with Crippen molar-refractivity contribution in [2.24, 2.45) is 0 Å². The van der Waals surface area contributed by atoms with Gasteiger partial charge in [0.25, 0.3) is 0 Å². The monoisotopic (exact) mass is 244 g/mol. The van der Waals surface area contributed by atoms with Crippen molar-refractivity contribution >= 4 is 17.8 Å². The van der Waals surface area contributed by atoms with Crippen LogP contribution in [0.5, 0.6) is 0 Å². The predicted octanol–water partition coefficient (Wildman–Crippen LogP) is -0.805. The maximum Gasteiger partial charge on any atom is 0.334 e. The molecule has 1 aliphatic heterocycles. The quantitative estimate of drug-likeness (QED) is 0.375. The van der Waals surface area contributed by atoms with Gasteiger partial charge in [0.05, 0.1) is 26.4 Å². The first kappa shape index (κ1) is 13.6. The fourth-order valence-corrected chi connectivity index (χ4v) is 1.50. The second-order valence-corrected chi connectivity index (χ2v) is 3.84. The molecule has 0 bridgehead atoms. The molecule has 96 valence electrons. The molecule has 0 aromatic rings. The highest BCUT2D eigenvalue weighted by molar-refractivity contribution is 6.44. The number of carbonyl (C=O) groups excluding carboxylic acids is 3. The number of urea groups is 1. The molecule has 4 amide bonds. The number of imide groups is 2. The number of aliphatic hydroxyl groups excluding tert-OH is 1. The fraction of sp³-hybridized carbons (Fsp3) is 0.700. The summed E-state index contributed by atoms with van der Waals surface area (Å²) < 4.78 is 4.95. The Morgan fingerprint density at radius 3 is 2.29 bits per heavy atom. The summed E-state index contributed by atoms with van der Waals surface area (Å²) in [5, 5.41) is 8.48. The van der Waals surface area contributed by atoms with Gasteiger partial charge in [-0.2, -0.15) is 0 Å². The van der Waals surface area contributed by atoms with Crippen molar-refractivity contribution < 1.29 is 24.2 Å². The van der Waals surface area contributed by atoms with E-state index in [1.165, 1.54) is 0 Å². The highest BCUT2D eigenvalue weighted by atomic mass is 16.5. The topological polar surface area (TPSA) is 87.2 Å². The molecule has 0 radical (unpaired) electrons. The van der Waals surface area contributed by atoms with Crippen molar-refractivity contribution in [3.8, 4) is 0 Å². The zero-order valence-electron chi connectivity index (χ0n) is 9.88. The standard InChI is InChI=1S/C10H16N2O5/c1-7(2)12-9(15)8(14)11(10(12)16)3-5-17-6-4-13/h7,13H,3-6H2,1-2H3. The van der Waals surface area contributed by atoms with E-state index in [9.17, 15) is 14.4 Å². The Labute approximate surface area is 98.9 Å². The van der Waals surface area contributed by atoms with Crippen LogP contribution in [0.1, 0.15) is 13.8 Å². The molecule has 0 unspecified atom stereocenters. The number of amides is 4. The third-order valence-electron chi connectivity index (χ3n) is 2.30. The van der Waals surface area contributed by atoms with Gasteiger partial charge in [0, 0.05) is 6.04 Å². The number of nitrogens with zero attached hydrogens (tertiary/aromatic N) is 2. The number of carbonyl (C=O) groups is 3. The number of hydrogen-bond donors (Lipinski definition) is 1. The van der Waals surface area contributed by atoms with Gasteiger partial charge in [0.15, 0.2) is 0 Å². The molecule has 0 atom stereocenters. The lowest BCUT2D eigenvalue weighted by atomic mass is 10.3. The van der Waals surface area contributed by atoms with E-state index in [2.05, 4.69) is 0 Å². The largest absolute Gasteiger partial charge is 0.394 e. The minimum absolute atomic E-state index is 0.0205. The Morgan fingerprint density at radius 2 is 1.82 bits per heavy atom. The Hall–Kier alpha value is -1.47. The summed E-state index contributed by atoms with van der Waals surface area (Å²) in [6.07, 6.45) is 0. The summed E-state index contributed by atoms with van der Waals surface area (Å²) in [7, 11) is 0. The van der Waals surface area contributed by atoms with Gasteiger partial charge in [0.2, 0.25) is 0 Å². The molecule has 0 aromatic heterocycles. The lowest BCUT2D eigenvalue weighted by Gasteiger charge is -2.18. The molecule has 1 heterocycles. The molecule has 1 N–H and O–H groups in total. The Kier molecular flexibility index (Phi) is 4.59. The number of aliphatic hydroxyl groups is 1. The van der Waals surface area contributed by atoms with Crippen LogP contribution < -0.4 is 0 Å². The minimum Gasteiger partial charge on any atom is -0.394 e. The van der Waals surface area contributed by atoms with Gasteiger partial charge in [-0.05, 0) is 13.8 Å². The number of rotatable bonds is 6. The molecular formula is C10H16N2O5. The van der Waals surface area contributed by atoms with Crippen LogP contribution in [0.3, 0.4) is 0 Å². The molecule has 0 spiro atoms. The highest BCUT2D eigenvalue weighted by Gasteiger charge is 2.45. The molecule has 7 heteroatoms. The van der Waals surface area contributed by atoms with Crippen LogP contribution in [-0.4, -0.2) is 65.2 Å². The first-order valence-electron chi connectivity index (χ1n) is 5.38. The Morgan fingerprint density at radius 1 is 1.18 bits per heavy atom. The van der Waals surface area contributed by atoms with Crippen molar-refractivity contribution in [2.75, 3.05) is 26.4 Å². The SMILES string of the molecule is CC(C)N1C(=O)C(=O)N(CCOCCO)C1=O. The Balaban J connectivity index is 2.59. The summed E-state index contributed by atoms with van der Waals surface area (Å²) in [5.41, 5.74) is 0. The van der Waals surface area contributed by atoms with Crippen LogP contribution in [0.25, 0.3) is 0 Å². The van der Waals surface area contributed by atoms with E-state index in [1.54, 1.807) is 13.8 Å². The van der Waals surface area contributed by atoms with Gasteiger partial charge in [-0.3, -0.25) is 19.4 Å². The van der Waals surface area contributed by atoms with E-state index in [0.717, 1.165) is 9.80 Å². The zero-order chi connectivity index (χ0) is 13.0. The molecule has 0 saturated carbocycles. The van der Waals surface area contributed by atoms with Crippen LogP contribution in [-0.2, 0) is 14.3 Å². The van der Waals surface area contributed by atoms with E-state index >= 15 is 0 Å². The molecular weight excluding hydrogens is 228 g/mol. The van der Waals surface area contributed by atoms with E-state index in [-0.39, 0.29) is 32.4 Å². The summed E-state index contributed by atoms with van der Waals surface area (Å²) >= 11 is 0. The van der Waals surface area contributed by atoms with Gasteiger partial charge < -0.3 is 9.84 Å². The maximum absolute atomic E-state index is 11.7. The molecule has 1 aliphatic rings. The van der Waals surface area contributed by atoms with Crippen LogP contribution >= 0.6 is 0 Å². The van der Waals surface area contributed by atoms with Gasteiger partial charge in [-0.25, -0.2) is 4.79 Å². The summed E-state index contributed by atoms with van der Waals surface area (Å²) in [4.78, 5) is 36.5. The Bertz CT molecular complexity index is 329. The van der Waals surface area contributed by atoms with Crippen molar-refractivity contribution in [1.29, 1.82) is 0 Å². The summed E-state index contributed by atoms with van der Waals surface area (Å²) in [6, 6.07) is -0.954. The van der Waals surface area contributed by atoms with Crippen LogP contribution in [0, 0.1) is 0 Å². The van der Waals surface area contributed by atoms with Crippen LogP contribution in [0.15, 0.2) is 0 Å². The predicted molar refractivity (Wildman–Crippen MR) is 57.0 cm³/mol. The van der Waals surface area contributed by atoms with Gasteiger partial charge >= 0.3 is 17.8 Å². The molecule has 1 rings (SSSR count). The summed E-state index contributed by atoms with van der Waals surface area (Å²) in [5.74, 6) is -1.62. The molecule has 1 fully saturated rings. The number of ether oxygens (including phenoxy) is 1. The lowest BCUT2D eigenvalue weighted by Crippen LogP contribution is -2.39. The average Bonchev–Trinajstić information content (AvgIpc) is 2.47. The van der Waals surface area contributed by atoms with E-state index in [4.69, 9.17) is 9.84 Å². The summed E-state index contributed by atoms with van der Waals surface area (Å²) in [6.45, 7) is 3.46.